The van der Waals surface area contributed by atoms with Crippen LogP contribution < -0.4 is 9.57 Å². The Hall–Kier alpha value is -1.76. The predicted octanol–water partition coefficient (Wildman–Crippen LogP) is 3.70. The van der Waals surface area contributed by atoms with Gasteiger partial charge in [0.25, 0.3) is 10.0 Å². The van der Waals surface area contributed by atoms with Crippen LogP contribution in [0, 0.1) is 0 Å². The molecule has 0 atom stereocenters. The van der Waals surface area contributed by atoms with E-state index in [2.05, 4.69) is 9.93 Å². The van der Waals surface area contributed by atoms with E-state index < -0.39 is 10.0 Å². The molecule has 0 saturated carbocycles. The van der Waals surface area contributed by atoms with Crippen molar-refractivity contribution in [2.75, 3.05) is 6.61 Å². The van der Waals surface area contributed by atoms with Crippen LogP contribution in [0.1, 0.15) is 12.5 Å². The summed E-state index contributed by atoms with van der Waals surface area (Å²) >= 11 is 12.0. The lowest BCUT2D eigenvalue weighted by Gasteiger charge is -2.06. The van der Waals surface area contributed by atoms with Gasteiger partial charge in [0, 0.05) is 5.56 Å². The van der Waals surface area contributed by atoms with Crippen molar-refractivity contribution in [3.8, 4) is 5.75 Å². The Morgan fingerprint density at radius 3 is 2.30 bits per heavy atom. The van der Waals surface area contributed by atoms with E-state index in [0.717, 1.165) is 0 Å². The first-order valence-electron chi connectivity index (χ1n) is 6.66. The second-order valence-electron chi connectivity index (χ2n) is 4.39. The lowest BCUT2D eigenvalue weighted by molar-refractivity contribution is 0.340. The highest BCUT2D eigenvalue weighted by Crippen LogP contribution is 2.22. The molecule has 0 unspecified atom stereocenters. The molecule has 8 heteroatoms. The van der Waals surface area contributed by atoms with Crippen LogP contribution in [-0.2, 0) is 10.0 Å². The van der Waals surface area contributed by atoms with Crippen LogP contribution in [0.5, 0.6) is 5.75 Å². The highest BCUT2D eigenvalue weighted by atomic mass is 35.5. The fourth-order valence-corrected chi connectivity index (χ4v) is 3.02. The van der Waals surface area contributed by atoms with E-state index in [1.165, 1.54) is 18.3 Å². The van der Waals surface area contributed by atoms with Gasteiger partial charge in [-0.2, -0.15) is 13.5 Å². The molecule has 0 fully saturated rings. The first kappa shape index (κ1) is 17.6. The van der Waals surface area contributed by atoms with Gasteiger partial charge < -0.3 is 4.74 Å². The van der Waals surface area contributed by atoms with E-state index in [9.17, 15) is 8.42 Å². The molecule has 2 aromatic carbocycles. The maximum Gasteiger partial charge on any atom is 0.276 e. The van der Waals surface area contributed by atoms with Gasteiger partial charge in [-0.1, -0.05) is 29.3 Å². The van der Waals surface area contributed by atoms with E-state index in [4.69, 9.17) is 27.9 Å². The third kappa shape index (κ3) is 4.60. The van der Waals surface area contributed by atoms with Crippen molar-refractivity contribution in [3.63, 3.8) is 0 Å². The second-order valence-corrected chi connectivity index (χ2v) is 6.87. The largest absolute Gasteiger partial charge is 0.494 e. The van der Waals surface area contributed by atoms with Gasteiger partial charge in [-0.05, 0) is 43.3 Å². The highest BCUT2D eigenvalue weighted by molar-refractivity contribution is 7.89. The van der Waals surface area contributed by atoms with Crippen molar-refractivity contribution in [2.24, 2.45) is 5.10 Å². The van der Waals surface area contributed by atoms with Gasteiger partial charge in [0.1, 0.15) is 5.75 Å². The zero-order valence-electron chi connectivity index (χ0n) is 12.2. The van der Waals surface area contributed by atoms with E-state index in [0.29, 0.717) is 28.0 Å². The summed E-state index contributed by atoms with van der Waals surface area (Å²) < 4.78 is 29.5. The van der Waals surface area contributed by atoms with Crippen molar-refractivity contribution in [3.05, 3.63) is 58.1 Å². The Bertz CT molecular complexity index is 786. The van der Waals surface area contributed by atoms with Crippen molar-refractivity contribution in [1.29, 1.82) is 0 Å². The minimum Gasteiger partial charge on any atom is -0.494 e. The summed E-state index contributed by atoms with van der Waals surface area (Å²) in [5.41, 5.74) is 0.435. The molecule has 5 nitrogen and oxygen atoms in total. The maximum absolute atomic E-state index is 12.1. The number of nitrogens with one attached hydrogen (secondary N) is 1. The number of ether oxygens (including phenoxy) is 1. The highest BCUT2D eigenvalue weighted by Gasteiger charge is 2.12. The Balaban J connectivity index is 2.13. The van der Waals surface area contributed by atoms with Gasteiger partial charge in [0.15, 0.2) is 0 Å². The molecule has 0 aliphatic carbocycles. The van der Waals surface area contributed by atoms with E-state index >= 15 is 0 Å². The van der Waals surface area contributed by atoms with Crippen LogP contribution in [0.15, 0.2) is 52.5 Å². The molecule has 0 saturated heterocycles. The van der Waals surface area contributed by atoms with E-state index in [-0.39, 0.29) is 4.90 Å². The minimum atomic E-state index is -3.78. The predicted molar refractivity (Wildman–Crippen MR) is 92.0 cm³/mol. The first-order valence-corrected chi connectivity index (χ1v) is 8.89. The minimum absolute atomic E-state index is 0.0726. The average molecular weight is 373 g/mol. The Kier molecular flexibility index (Phi) is 5.87. The normalized spacial score (nSPS) is 11.6. The van der Waals surface area contributed by atoms with Gasteiger partial charge in [0.05, 0.1) is 27.8 Å². The molecule has 23 heavy (non-hydrogen) atoms. The lowest BCUT2D eigenvalue weighted by atomic mass is 10.2. The van der Waals surface area contributed by atoms with Gasteiger partial charge in [-0.25, -0.2) is 4.83 Å². The molecule has 0 bridgehead atoms. The van der Waals surface area contributed by atoms with Gasteiger partial charge in [-0.3, -0.25) is 0 Å². The smallest absolute Gasteiger partial charge is 0.276 e. The summed E-state index contributed by atoms with van der Waals surface area (Å²) in [5.74, 6) is 0.595. The summed E-state index contributed by atoms with van der Waals surface area (Å²) in [6.45, 7) is 2.36. The molecule has 0 amide bonds. The third-order valence-electron chi connectivity index (χ3n) is 2.81. The number of hydrogen-bond donors (Lipinski definition) is 1. The summed E-state index contributed by atoms with van der Waals surface area (Å²) in [6, 6.07) is 11.0. The standard InChI is InChI=1S/C15H14Cl2N2O3S/c1-2-22-11-6-8-12(9-7-11)23(20,21)19-18-10-13-14(16)4-3-5-15(13)17/h3-10,19H,2H2,1H3. The number of hydrazone groups is 1. The topological polar surface area (TPSA) is 67.8 Å². The van der Waals surface area contributed by atoms with Crippen LogP contribution >= 0.6 is 23.2 Å². The fourth-order valence-electron chi connectivity index (χ4n) is 1.73. The van der Waals surface area contributed by atoms with Crippen LogP contribution in [0.2, 0.25) is 10.0 Å². The molecule has 122 valence electrons. The Labute approximate surface area is 144 Å². The number of nitrogens with zero attached hydrogens (tertiary/aromatic N) is 1. The lowest BCUT2D eigenvalue weighted by Crippen LogP contribution is -2.18. The zero-order valence-corrected chi connectivity index (χ0v) is 14.5. The number of halogens is 2. The molecular weight excluding hydrogens is 359 g/mol. The number of benzene rings is 2. The van der Waals surface area contributed by atoms with Gasteiger partial charge >= 0.3 is 0 Å². The fraction of sp³-hybridized carbons (Fsp3) is 0.133. The molecule has 0 heterocycles. The second kappa shape index (κ2) is 7.68. The zero-order chi connectivity index (χ0) is 16.9. The molecule has 0 aliphatic rings. The molecule has 2 rings (SSSR count). The summed E-state index contributed by atoms with van der Waals surface area (Å²) in [7, 11) is -3.78. The molecule has 0 aromatic heterocycles. The van der Waals surface area contributed by atoms with Crippen molar-refractivity contribution >= 4 is 39.4 Å². The molecule has 2 aromatic rings. The maximum atomic E-state index is 12.1. The van der Waals surface area contributed by atoms with Crippen molar-refractivity contribution in [2.45, 2.75) is 11.8 Å². The third-order valence-corrected chi connectivity index (χ3v) is 4.71. The molecular formula is C15H14Cl2N2O3S. The molecule has 0 aliphatic heterocycles. The average Bonchev–Trinajstić information content (AvgIpc) is 2.51. The van der Waals surface area contributed by atoms with Gasteiger partial charge in [-0.15, -0.1) is 0 Å². The van der Waals surface area contributed by atoms with Crippen LogP contribution in [0.3, 0.4) is 0 Å². The Morgan fingerprint density at radius 2 is 1.74 bits per heavy atom. The summed E-state index contributed by atoms with van der Waals surface area (Å²) in [4.78, 5) is 2.19. The number of rotatable bonds is 6. The monoisotopic (exact) mass is 372 g/mol. The molecule has 1 N–H and O–H groups in total. The quantitative estimate of drug-likeness (QED) is 0.620. The van der Waals surface area contributed by atoms with E-state index in [1.807, 2.05) is 6.92 Å². The first-order chi connectivity index (χ1) is 10.9. The molecule has 0 spiro atoms. The van der Waals surface area contributed by atoms with Crippen molar-refractivity contribution < 1.29 is 13.2 Å². The molecule has 0 radical (unpaired) electrons. The number of sulfonamides is 1. The summed E-state index contributed by atoms with van der Waals surface area (Å²) in [6.07, 6.45) is 1.26. The van der Waals surface area contributed by atoms with Crippen LogP contribution in [0.4, 0.5) is 0 Å². The van der Waals surface area contributed by atoms with Crippen molar-refractivity contribution in [1.82, 2.24) is 4.83 Å². The Morgan fingerprint density at radius 1 is 1.13 bits per heavy atom. The van der Waals surface area contributed by atoms with Gasteiger partial charge in [0.2, 0.25) is 0 Å². The number of hydrogen-bond acceptors (Lipinski definition) is 4. The SMILES string of the molecule is CCOc1ccc(S(=O)(=O)NN=Cc2c(Cl)cccc2Cl)cc1. The van der Waals surface area contributed by atoms with Crippen LogP contribution in [0.25, 0.3) is 0 Å². The summed E-state index contributed by atoms with van der Waals surface area (Å²) in [5, 5.41) is 4.46. The van der Waals surface area contributed by atoms with Crippen LogP contribution in [-0.4, -0.2) is 21.2 Å². The van der Waals surface area contributed by atoms with E-state index in [1.54, 1.807) is 30.3 Å².